The lowest BCUT2D eigenvalue weighted by Crippen LogP contribution is -2.57. The molecule has 1 aromatic rings. The number of hydrogen-bond acceptors (Lipinski definition) is 3. The van der Waals surface area contributed by atoms with Gasteiger partial charge >= 0.3 is 0 Å². The van der Waals surface area contributed by atoms with Crippen LogP contribution in [0.3, 0.4) is 0 Å². The molecule has 4 nitrogen and oxygen atoms in total. The monoisotopic (exact) mass is 348 g/mol. The normalized spacial score (nSPS) is 29.4. The van der Waals surface area contributed by atoms with E-state index in [-0.39, 0.29) is 17.4 Å². The van der Waals surface area contributed by atoms with Crippen LogP contribution in [-0.4, -0.2) is 49.2 Å². The maximum absolute atomic E-state index is 13.1. The zero-order chi connectivity index (χ0) is 16.6. The fourth-order valence-corrected chi connectivity index (χ4v) is 4.49. The summed E-state index contributed by atoms with van der Waals surface area (Å²) in [5.74, 6) is 0.163. The highest BCUT2D eigenvalue weighted by molar-refractivity contribution is 6.30. The topological polar surface area (TPSA) is 41.6 Å². The minimum absolute atomic E-state index is 0.111. The smallest absolute Gasteiger partial charge is 0.231 e. The highest BCUT2D eigenvalue weighted by atomic mass is 35.5. The van der Waals surface area contributed by atoms with Crippen LogP contribution in [0.2, 0.25) is 5.02 Å². The largest absolute Gasteiger partial charge is 0.378 e. The molecule has 24 heavy (non-hydrogen) atoms. The molecule has 1 aliphatic carbocycles. The number of nitrogens with zero attached hydrogens (tertiary/aromatic N) is 1. The minimum atomic E-state index is -0.372. The predicted molar refractivity (Wildman–Crippen MR) is 94.3 cm³/mol. The lowest BCUT2D eigenvalue weighted by molar-refractivity contribution is -0.131. The van der Waals surface area contributed by atoms with E-state index in [1.807, 2.05) is 24.3 Å². The maximum Gasteiger partial charge on any atom is 0.231 e. The van der Waals surface area contributed by atoms with Crippen LogP contribution in [0, 0.1) is 0 Å². The summed E-state index contributed by atoms with van der Waals surface area (Å²) in [5.41, 5.74) is 0.718. The van der Waals surface area contributed by atoms with Crippen molar-refractivity contribution in [1.82, 2.24) is 10.2 Å². The molecule has 2 unspecified atom stereocenters. The van der Waals surface area contributed by atoms with Gasteiger partial charge in [0.1, 0.15) is 0 Å². The molecular formula is C19H25ClN2O2. The van der Waals surface area contributed by atoms with Crippen LogP contribution < -0.4 is 5.32 Å². The molecule has 2 atom stereocenters. The van der Waals surface area contributed by atoms with Gasteiger partial charge < -0.3 is 10.1 Å². The second-order valence-electron chi connectivity index (χ2n) is 7.37. The SMILES string of the molecule is O=C(NC1COCC1N1CCCC1)C1(c2ccc(Cl)cc2)CCC1. The Hall–Kier alpha value is -1.10. The molecule has 2 saturated heterocycles. The number of carbonyl (C=O) groups is 1. The van der Waals surface area contributed by atoms with E-state index in [9.17, 15) is 4.79 Å². The average Bonchev–Trinajstić information content (AvgIpc) is 3.18. The third-order valence-electron chi connectivity index (χ3n) is 6.02. The van der Waals surface area contributed by atoms with Crippen molar-refractivity contribution in [2.45, 2.75) is 49.6 Å². The van der Waals surface area contributed by atoms with Crippen LogP contribution in [0.4, 0.5) is 0 Å². The van der Waals surface area contributed by atoms with E-state index in [1.165, 1.54) is 12.8 Å². The summed E-state index contributed by atoms with van der Waals surface area (Å²) in [4.78, 5) is 15.6. The fourth-order valence-electron chi connectivity index (χ4n) is 4.37. The summed E-state index contributed by atoms with van der Waals surface area (Å²) in [5, 5.41) is 4.04. The van der Waals surface area contributed by atoms with E-state index >= 15 is 0 Å². The van der Waals surface area contributed by atoms with Crippen molar-refractivity contribution in [3.63, 3.8) is 0 Å². The summed E-state index contributed by atoms with van der Waals surface area (Å²) in [6.07, 6.45) is 5.45. The van der Waals surface area contributed by atoms with Crippen LogP contribution >= 0.6 is 11.6 Å². The predicted octanol–water partition coefficient (Wildman–Crippen LogP) is 2.74. The Morgan fingerprint density at radius 1 is 1.12 bits per heavy atom. The zero-order valence-electron chi connectivity index (χ0n) is 14.0. The van der Waals surface area contributed by atoms with E-state index in [1.54, 1.807) is 0 Å². The number of halogens is 1. The molecule has 1 aromatic carbocycles. The summed E-state index contributed by atoms with van der Waals surface area (Å²) in [6.45, 7) is 3.62. The molecular weight excluding hydrogens is 324 g/mol. The number of ether oxygens (including phenoxy) is 1. The Bertz CT molecular complexity index is 594. The zero-order valence-corrected chi connectivity index (χ0v) is 14.7. The second-order valence-corrected chi connectivity index (χ2v) is 7.81. The Morgan fingerprint density at radius 3 is 2.46 bits per heavy atom. The highest BCUT2D eigenvalue weighted by Crippen LogP contribution is 2.44. The molecule has 0 bridgehead atoms. The standard InChI is InChI=1S/C19H25ClN2O2/c20-15-6-4-14(5-7-15)19(8-3-9-19)18(23)21-16-12-24-13-17(16)22-10-1-2-11-22/h4-7,16-17H,1-3,8-13H2,(H,21,23). The molecule has 0 aromatic heterocycles. The number of rotatable bonds is 4. The number of amides is 1. The van der Waals surface area contributed by atoms with Gasteiger partial charge in [-0.2, -0.15) is 0 Å². The number of likely N-dealkylation sites (tertiary alicyclic amines) is 1. The number of nitrogens with one attached hydrogen (secondary N) is 1. The van der Waals surface area contributed by atoms with Gasteiger partial charge in [-0.25, -0.2) is 0 Å². The Morgan fingerprint density at radius 2 is 1.83 bits per heavy atom. The quantitative estimate of drug-likeness (QED) is 0.909. The van der Waals surface area contributed by atoms with Crippen molar-refractivity contribution >= 4 is 17.5 Å². The molecule has 3 aliphatic rings. The molecule has 3 fully saturated rings. The van der Waals surface area contributed by atoms with Gasteiger partial charge in [-0.1, -0.05) is 30.2 Å². The van der Waals surface area contributed by atoms with E-state index < -0.39 is 0 Å². The number of benzene rings is 1. The molecule has 2 aliphatic heterocycles. The Balaban J connectivity index is 1.48. The fraction of sp³-hybridized carbons (Fsp3) is 0.632. The van der Waals surface area contributed by atoms with Gasteiger partial charge in [0.25, 0.3) is 0 Å². The number of carbonyl (C=O) groups excluding carboxylic acids is 1. The molecule has 0 spiro atoms. The third kappa shape index (κ3) is 2.85. The average molecular weight is 349 g/mol. The Kier molecular flexibility index (Phi) is 4.54. The highest BCUT2D eigenvalue weighted by Gasteiger charge is 2.47. The van der Waals surface area contributed by atoms with Crippen LogP contribution in [0.25, 0.3) is 0 Å². The first kappa shape index (κ1) is 16.4. The van der Waals surface area contributed by atoms with Crippen LogP contribution in [0.15, 0.2) is 24.3 Å². The summed E-state index contributed by atoms with van der Waals surface area (Å²) in [6, 6.07) is 8.22. The first-order chi connectivity index (χ1) is 11.7. The van der Waals surface area contributed by atoms with Crippen molar-refractivity contribution in [1.29, 1.82) is 0 Å². The van der Waals surface area contributed by atoms with Crippen LogP contribution in [-0.2, 0) is 14.9 Å². The van der Waals surface area contributed by atoms with Gasteiger partial charge in [0.15, 0.2) is 0 Å². The van der Waals surface area contributed by atoms with Gasteiger partial charge in [0.2, 0.25) is 5.91 Å². The van der Waals surface area contributed by atoms with Gasteiger partial charge in [-0.15, -0.1) is 0 Å². The van der Waals surface area contributed by atoms with E-state index in [4.69, 9.17) is 16.3 Å². The van der Waals surface area contributed by atoms with Gasteiger partial charge in [0.05, 0.1) is 30.7 Å². The van der Waals surface area contributed by atoms with Crippen molar-refractivity contribution in [3.8, 4) is 0 Å². The van der Waals surface area contributed by atoms with Crippen molar-refractivity contribution in [2.24, 2.45) is 0 Å². The number of hydrogen-bond donors (Lipinski definition) is 1. The van der Waals surface area contributed by atoms with E-state index in [0.29, 0.717) is 17.7 Å². The molecule has 1 saturated carbocycles. The first-order valence-corrected chi connectivity index (χ1v) is 9.46. The van der Waals surface area contributed by atoms with E-state index in [0.717, 1.165) is 44.5 Å². The molecule has 130 valence electrons. The summed E-state index contributed by atoms with van der Waals surface area (Å²) >= 11 is 6.01. The van der Waals surface area contributed by atoms with Gasteiger partial charge in [0, 0.05) is 5.02 Å². The van der Waals surface area contributed by atoms with E-state index in [2.05, 4.69) is 10.2 Å². The molecule has 5 heteroatoms. The van der Waals surface area contributed by atoms with Gasteiger partial charge in [-0.3, -0.25) is 9.69 Å². The molecule has 4 rings (SSSR count). The van der Waals surface area contributed by atoms with Crippen molar-refractivity contribution < 1.29 is 9.53 Å². The summed E-state index contributed by atoms with van der Waals surface area (Å²) < 4.78 is 5.69. The third-order valence-corrected chi connectivity index (χ3v) is 6.27. The minimum Gasteiger partial charge on any atom is -0.378 e. The second kappa shape index (κ2) is 6.66. The lowest BCUT2D eigenvalue weighted by Gasteiger charge is -2.42. The molecule has 1 N–H and O–H groups in total. The first-order valence-electron chi connectivity index (χ1n) is 9.08. The Labute approximate surface area is 148 Å². The molecule has 2 heterocycles. The molecule has 0 radical (unpaired) electrons. The van der Waals surface area contributed by atoms with Gasteiger partial charge in [-0.05, 0) is 56.5 Å². The van der Waals surface area contributed by atoms with Crippen molar-refractivity contribution in [2.75, 3.05) is 26.3 Å². The van der Waals surface area contributed by atoms with Crippen LogP contribution in [0.1, 0.15) is 37.7 Å². The van der Waals surface area contributed by atoms with Crippen molar-refractivity contribution in [3.05, 3.63) is 34.9 Å². The van der Waals surface area contributed by atoms with Crippen LogP contribution in [0.5, 0.6) is 0 Å². The maximum atomic E-state index is 13.1. The lowest BCUT2D eigenvalue weighted by atomic mass is 9.63. The molecule has 1 amide bonds. The summed E-state index contributed by atoms with van der Waals surface area (Å²) in [7, 11) is 0.